The summed E-state index contributed by atoms with van der Waals surface area (Å²) in [7, 11) is -2.15. The third-order valence-electron chi connectivity index (χ3n) is 2.82. The van der Waals surface area contributed by atoms with Gasteiger partial charge in [0.25, 0.3) is 10.0 Å². The van der Waals surface area contributed by atoms with E-state index in [2.05, 4.69) is 4.72 Å². The minimum atomic E-state index is -3.66. The molecule has 0 saturated heterocycles. The first-order valence-corrected chi connectivity index (χ1v) is 7.52. The molecule has 2 rings (SSSR count). The van der Waals surface area contributed by atoms with Crippen LogP contribution in [0.5, 0.6) is 5.75 Å². The Bertz CT molecular complexity index is 738. The SMILES string of the molecule is COc1ccc(S(=O)(=O)Nc2ccc(C(=N)N)cc2)cc1. The Morgan fingerprint density at radius 3 is 2.14 bits per heavy atom. The van der Waals surface area contributed by atoms with Gasteiger partial charge in [0.2, 0.25) is 0 Å². The number of nitrogens with one attached hydrogen (secondary N) is 2. The first-order chi connectivity index (χ1) is 9.92. The molecule has 2 aromatic carbocycles. The number of hydrogen-bond acceptors (Lipinski definition) is 4. The number of ether oxygens (including phenoxy) is 1. The number of methoxy groups -OCH3 is 1. The predicted octanol–water partition coefficient (Wildman–Crippen LogP) is 1.78. The Morgan fingerprint density at radius 1 is 1.10 bits per heavy atom. The van der Waals surface area contributed by atoms with E-state index in [4.69, 9.17) is 15.9 Å². The van der Waals surface area contributed by atoms with Crippen LogP contribution in [0.4, 0.5) is 5.69 Å². The van der Waals surface area contributed by atoms with E-state index in [1.807, 2.05) is 0 Å². The highest BCUT2D eigenvalue weighted by molar-refractivity contribution is 7.92. The lowest BCUT2D eigenvalue weighted by atomic mass is 10.2. The average Bonchev–Trinajstić information content (AvgIpc) is 2.47. The molecule has 21 heavy (non-hydrogen) atoms. The first-order valence-electron chi connectivity index (χ1n) is 6.04. The maximum absolute atomic E-state index is 12.2. The van der Waals surface area contributed by atoms with Crippen LogP contribution < -0.4 is 15.2 Å². The summed E-state index contributed by atoms with van der Waals surface area (Å²) < 4.78 is 31.8. The Hall–Kier alpha value is -2.54. The lowest BCUT2D eigenvalue weighted by Crippen LogP contribution is -2.14. The minimum absolute atomic E-state index is 0.0699. The fraction of sp³-hybridized carbons (Fsp3) is 0.0714. The highest BCUT2D eigenvalue weighted by Gasteiger charge is 2.14. The average molecular weight is 305 g/mol. The fourth-order valence-corrected chi connectivity index (χ4v) is 2.75. The molecule has 0 spiro atoms. The molecule has 0 atom stereocenters. The van der Waals surface area contributed by atoms with E-state index in [9.17, 15) is 8.42 Å². The van der Waals surface area contributed by atoms with E-state index in [0.717, 1.165) is 0 Å². The van der Waals surface area contributed by atoms with E-state index in [1.165, 1.54) is 19.2 Å². The zero-order valence-electron chi connectivity index (χ0n) is 11.3. The van der Waals surface area contributed by atoms with Crippen molar-refractivity contribution in [2.24, 2.45) is 5.73 Å². The summed E-state index contributed by atoms with van der Waals surface area (Å²) in [4.78, 5) is 0.138. The molecular weight excluding hydrogens is 290 g/mol. The second-order valence-electron chi connectivity index (χ2n) is 4.27. The Kier molecular flexibility index (Phi) is 4.13. The van der Waals surface area contributed by atoms with Gasteiger partial charge in [-0.1, -0.05) is 0 Å². The highest BCUT2D eigenvalue weighted by atomic mass is 32.2. The first kappa shape index (κ1) is 14.9. The van der Waals surface area contributed by atoms with Gasteiger partial charge < -0.3 is 10.5 Å². The van der Waals surface area contributed by atoms with Gasteiger partial charge in [-0.3, -0.25) is 10.1 Å². The topological polar surface area (TPSA) is 105 Å². The summed E-state index contributed by atoms with van der Waals surface area (Å²) in [6.07, 6.45) is 0. The second kappa shape index (κ2) is 5.84. The number of rotatable bonds is 5. The summed E-state index contributed by atoms with van der Waals surface area (Å²) in [5, 5.41) is 7.29. The predicted molar refractivity (Wildman–Crippen MR) is 81.3 cm³/mol. The third kappa shape index (κ3) is 3.51. The molecule has 2 aromatic rings. The fourth-order valence-electron chi connectivity index (χ4n) is 1.69. The van der Waals surface area contributed by atoms with Gasteiger partial charge in [-0.15, -0.1) is 0 Å². The van der Waals surface area contributed by atoms with Crippen molar-refractivity contribution in [2.75, 3.05) is 11.8 Å². The largest absolute Gasteiger partial charge is 0.497 e. The molecule has 0 bridgehead atoms. The van der Waals surface area contributed by atoms with Gasteiger partial charge in [0.05, 0.1) is 12.0 Å². The molecule has 0 aliphatic rings. The van der Waals surface area contributed by atoms with E-state index < -0.39 is 10.0 Å². The molecule has 0 saturated carbocycles. The monoisotopic (exact) mass is 305 g/mol. The molecule has 4 N–H and O–H groups in total. The number of benzene rings is 2. The molecule has 0 aliphatic heterocycles. The van der Waals surface area contributed by atoms with Crippen molar-refractivity contribution in [3.05, 3.63) is 54.1 Å². The summed E-state index contributed by atoms with van der Waals surface area (Å²) in [6.45, 7) is 0. The van der Waals surface area contributed by atoms with Crippen LogP contribution in [0.2, 0.25) is 0 Å². The lowest BCUT2D eigenvalue weighted by Gasteiger charge is -2.09. The summed E-state index contributed by atoms with van der Waals surface area (Å²) in [6, 6.07) is 12.3. The standard InChI is InChI=1S/C14H15N3O3S/c1-20-12-6-8-13(9-7-12)21(18,19)17-11-4-2-10(3-5-11)14(15)16/h2-9,17H,1H3,(H3,15,16). The zero-order chi connectivity index (χ0) is 15.5. The van der Waals surface area contributed by atoms with Gasteiger partial charge in [-0.2, -0.15) is 0 Å². The number of amidine groups is 1. The van der Waals surface area contributed by atoms with E-state index in [-0.39, 0.29) is 10.7 Å². The Balaban J connectivity index is 2.21. The van der Waals surface area contributed by atoms with Gasteiger partial charge in [-0.25, -0.2) is 8.42 Å². The minimum Gasteiger partial charge on any atom is -0.497 e. The number of anilines is 1. The molecule has 7 heteroatoms. The smallest absolute Gasteiger partial charge is 0.261 e. The number of nitrogens with two attached hydrogens (primary N) is 1. The molecule has 0 fully saturated rings. The molecule has 0 heterocycles. The molecule has 110 valence electrons. The van der Waals surface area contributed by atoms with Crippen molar-refractivity contribution in [2.45, 2.75) is 4.90 Å². The van der Waals surface area contributed by atoms with Gasteiger partial charge in [0, 0.05) is 11.3 Å². The highest BCUT2D eigenvalue weighted by Crippen LogP contribution is 2.19. The summed E-state index contributed by atoms with van der Waals surface area (Å²) in [5.41, 5.74) is 6.27. The van der Waals surface area contributed by atoms with E-state index in [0.29, 0.717) is 17.0 Å². The van der Waals surface area contributed by atoms with Gasteiger partial charge >= 0.3 is 0 Å². The second-order valence-corrected chi connectivity index (χ2v) is 5.95. The van der Waals surface area contributed by atoms with Gasteiger partial charge in [-0.05, 0) is 48.5 Å². The lowest BCUT2D eigenvalue weighted by molar-refractivity contribution is 0.414. The molecule has 6 nitrogen and oxygen atoms in total. The van der Waals surface area contributed by atoms with Crippen LogP contribution in [0.15, 0.2) is 53.4 Å². The molecule has 0 radical (unpaired) electrons. The van der Waals surface area contributed by atoms with Crippen molar-refractivity contribution in [3.63, 3.8) is 0 Å². The molecular formula is C14H15N3O3S. The number of nitrogen functional groups attached to an aromatic ring is 1. The molecule has 0 aliphatic carbocycles. The van der Waals surface area contributed by atoms with Crippen molar-refractivity contribution in [1.82, 2.24) is 0 Å². The van der Waals surface area contributed by atoms with Crippen molar-refractivity contribution in [1.29, 1.82) is 5.41 Å². The quantitative estimate of drug-likeness (QED) is 0.578. The third-order valence-corrected chi connectivity index (χ3v) is 4.22. The normalized spacial score (nSPS) is 10.9. The number of sulfonamides is 1. The van der Waals surface area contributed by atoms with Crippen LogP contribution in [-0.4, -0.2) is 21.4 Å². The number of hydrogen-bond donors (Lipinski definition) is 3. The molecule has 0 unspecified atom stereocenters. The Labute approximate surface area is 123 Å². The van der Waals surface area contributed by atoms with Crippen LogP contribution in [0, 0.1) is 5.41 Å². The van der Waals surface area contributed by atoms with Crippen LogP contribution in [0.25, 0.3) is 0 Å². The molecule has 0 aromatic heterocycles. The van der Waals surface area contributed by atoms with Crippen molar-refractivity contribution in [3.8, 4) is 5.75 Å². The van der Waals surface area contributed by atoms with E-state index in [1.54, 1.807) is 36.4 Å². The van der Waals surface area contributed by atoms with Gasteiger partial charge in [0.1, 0.15) is 11.6 Å². The van der Waals surface area contributed by atoms with Crippen molar-refractivity contribution < 1.29 is 13.2 Å². The van der Waals surface area contributed by atoms with E-state index >= 15 is 0 Å². The van der Waals surface area contributed by atoms with Crippen LogP contribution in [0.3, 0.4) is 0 Å². The molecule has 0 amide bonds. The van der Waals surface area contributed by atoms with Crippen LogP contribution >= 0.6 is 0 Å². The maximum atomic E-state index is 12.2. The van der Waals surface area contributed by atoms with Crippen LogP contribution in [-0.2, 0) is 10.0 Å². The van der Waals surface area contributed by atoms with Crippen molar-refractivity contribution >= 4 is 21.5 Å². The maximum Gasteiger partial charge on any atom is 0.261 e. The van der Waals surface area contributed by atoms with Crippen LogP contribution in [0.1, 0.15) is 5.56 Å². The zero-order valence-corrected chi connectivity index (χ0v) is 12.1. The van der Waals surface area contributed by atoms with Gasteiger partial charge in [0.15, 0.2) is 0 Å². The summed E-state index contributed by atoms with van der Waals surface area (Å²) in [5.74, 6) is 0.513. The Morgan fingerprint density at radius 2 is 1.67 bits per heavy atom. The summed E-state index contributed by atoms with van der Waals surface area (Å²) >= 11 is 0.